The molecule has 0 saturated carbocycles. The summed E-state index contributed by atoms with van der Waals surface area (Å²) in [6.45, 7) is 7.29. The summed E-state index contributed by atoms with van der Waals surface area (Å²) in [5.74, 6) is -1.40. The maximum Gasteiger partial charge on any atom is 0.472 e. The van der Waals surface area contributed by atoms with Gasteiger partial charge in [-0.3, -0.25) is 37.3 Å². The molecule has 0 aliphatic rings. The number of ether oxygens (including phenoxy) is 4. The zero-order valence-electron chi connectivity index (χ0n) is 66.8. The number of esters is 4. The number of aliphatic hydroxyl groups excluding tert-OH is 1. The molecule has 17 nitrogen and oxygen atoms in total. The van der Waals surface area contributed by atoms with Crippen LogP contribution in [0.25, 0.3) is 0 Å². The van der Waals surface area contributed by atoms with Gasteiger partial charge in [-0.15, -0.1) is 0 Å². The number of hydrogen-bond acceptors (Lipinski definition) is 15. The van der Waals surface area contributed by atoms with Crippen LogP contribution in [0.2, 0.25) is 0 Å². The quantitative estimate of drug-likeness (QED) is 0.0222. The Morgan fingerprint density at radius 3 is 0.667 bits per heavy atom. The molecule has 0 heterocycles. The van der Waals surface area contributed by atoms with E-state index in [1.54, 1.807) is 0 Å². The molecule has 5 atom stereocenters. The van der Waals surface area contributed by atoms with E-state index in [1.165, 1.54) is 263 Å². The largest absolute Gasteiger partial charge is 0.472 e. The van der Waals surface area contributed by atoms with Crippen molar-refractivity contribution in [2.24, 2.45) is 5.92 Å². The first kappa shape index (κ1) is 100. The molecule has 102 heavy (non-hydrogen) atoms. The molecule has 0 saturated heterocycles. The molecular formula is C83H162O17P2. The topological polar surface area (TPSA) is 237 Å². The van der Waals surface area contributed by atoms with Crippen molar-refractivity contribution in [1.82, 2.24) is 0 Å². The highest BCUT2D eigenvalue weighted by Crippen LogP contribution is 2.45. The minimum atomic E-state index is -4.96. The lowest BCUT2D eigenvalue weighted by Gasteiger charge is -2.21. The first-order valence-electron chi connectivity index (χ1n) is 43.1. The minimum absolute atomic E-state index is 0.108. The van der Waals surface area contributed by atoms with Gasteiger partial charge in [0.25, 0.3) is 0 Å². The van der Waals surface area contributed by atoms with Gasteiger partial charge in [0.2, 0.25) is 0 Å². The maximum absolute atomic E-state index is 13.1. The number of rotatable bonds is 83. The lowest BCUT2D eigenvalue weighted by Crippen LogP contribution is -2.30. The number of carbonyl (C=O) groups excluding carboxylic acids is 4. The third-order valence-electron chi connectivity index (χ3n) is 19.5. The van der Waals surface area contributed by atoms with E-state index in [1.807, 2.05) is 0 Å². The SMILES string of the molecule is CCCCCCCCCCCCCCCCCCCCCCC(=O)O[C@H](COC(=O)CCCCCCCCCCCCCCCCCCCC)COP(=O)(O)OC[C@@H](O)COP(=O)(O)OC[C@@H](COC(=O)CCCCCCCCCC(C)C)OC(=O)CCCCCCCCCCCCCCCC. The molecule has 0 aliphatic carbocycles. The van der Waals surface area contributed by atoms with Gasteiger partial charge in [-0.25, -0.2) is 9.13 Å². The second-order valence-electron chi connectivity index (χ2n) is 30.3. The number of carbonyl (C=O) groups is 4. The Bertz CT molecular complexity index is 1940. The summed E-state index contributed by atoms with van der Waals surface area (Å²) in [5, 5.41) is 10.7. The summed E-state index contributed by atoms with van der Waals surface area (Å²) in [4.78, 5) is 73.1. The van der Waals surface area contributed by atoms with Crippen molar-refractivity contribution in [2.75, 3.05) is 39.6 Å². The highest BCUT2D eigenvalue weighted by atomic mass is 31.2. The molecule has 2 unspecified atom stereocenters. The van der Waals surface area contributed by atoms with Gasteiger partial charge < -0.3 is 33.8 Å². The summed E-state index contributed by atoms with van der Waals surface area (Å²) in [5.41, 5.74) is 0. The van der Waals surface area contributed by atoms with Crippen LogP contribution < -0.4 is 0 Å². The molecule has 0 spiro atoms. The molecule has 0 fully saturated rings. The smallest absolute Gasteiger partial charge is 0.462 e. The molecule has 0 aliphatic heterocycles. The van der Waals surface area contributed by atoms with Crippen molar-refractivity contribution < 1.29 is 80.2 Å². The summed E-state index contributed by atoms with van der Waals surface area (Å²) in [7, 11) is -9.92. The van der Waals surface area contributed by atoms with Gasteiger partial charge in [-0.2, -0.15) is 0 Å². The van der Waals surface area contributed by atoms with Crippen LogP contribution in [0, 0.1) is 5.92 Å². The van der Waals surface area contributed by atoms with Crippen LogP contribution in [-0.2, 0) is 65.4 Å². The van der Waals surface area contributed by atoms with Gasteiger partial charge in [0.05, 0.1) is 26.4 Å². The van der Waals surface area contributed by atoms with E-state index < -0.39 is 97.5 Å². The highest BCUT2D eigenvalue weighted by molar-refractivity contribution is 7.47. The molecule has 0 aromatic carbocycles. The third-order valence-corrected chi connectivity index (χ3v) is 21.4. The standard InChI is InChI=1S/C83H162O17P2/c1-6-9-12-15-18-21-24-27-30-32-34-35-37-39-42-45-48-53-59-64-69-82(87)99-78(72-93-80(85)66-61-56-51-46-43-41-38-36-33-31-28-25-22-19-16-13-10-7-2)74-97-101(89,90)95-70-77(84)71-96-102(91,92)98-75-79(73-94-81(86)67-62-57-54-49-50-55-60-65-76(4)5)100-83(88)68-63-58-52-47-44-40-29-26-23-20-17-14-11-8-3/h76-79,84H,6-75H2,1-5H3,(H,89,90)(H,91,92)/t77-,78-,79-/m1/s1. The third kappa shape index (κ3) is 76.3. The van der Waals surface area contributed by atoms with Gasteiger partial charge in [0.15, 0.2) is 12.2 Å². The Morgan fingerprint density at radius 2 is 0.451 bits per heavy atom. The van der Waals surface area contributed by atoms with E-state index >= 15 is 0 Å². The number of phosphoric ester groups is 2. The van der Waals surface area contributed by atoms with Crippen molar-refractivity contribution in [3.8, 4) is 0 Å². The first-order chi connectivity index (χ1) is 49.5. The van der Waals surface area contributed by atoms with E-state index in [0.29, 0.717) is 31.6 Å². The van der Waals surface area contributed by atoms with Crippen molar-refractivity contribution >= 4 is 39.5 Å². The van der Waals surface area contributed by atoms with Crippen LogP contribution in [0.4, 0.5) is 0 Å². The Labute approximate surface area is 626 Å². The fraction of sp³-hybridized carbons (Fsp3) is 0.952. The lowest BCUT2D eigenvalue weighted by molar-refractivity contribution is -0.161. The van der Waals surface area contributed by atoms with Crippen molar-refractivity contribution in [1.29, 1.82) is 0 Å². The van der Waals surface area contributed by atoms with E-state index in [-0.39, 0.29) is 25.7 Å². The van der Waals surface area contributed by atoms with Gasteiger partial charge in [-0.05, 0) is 31.6 Å². The van der Waals surface area contributed by atoms with Crippen LogP contribution in [0.1, 0.15) is 446 Å². The monoisotopic (exact) mass is 1490 g/mol. The molecule has 0 rings (SSSR count). The molecule has 0 aromatic rings. The van der Waals surface area contributed by atoms with Gasteiger partial charge in [0.1, 0.15) is 19.3 Å². The average Bonchev–Trinajstić information content (AvgIpc) is 0.916. The molecule has 606 valence electrons. The number of hydrogen-bond donors (Lipinski definition) is 3. The van der Waals surface area contributed by atoms with Crippen LogP contribution in [0.15, 0.2) is 0 Å². The van der Waals surface area contributed by atoms with Crippen molar-refractivity contribution in [2.45, 2.75) is 464 Å². The molecule has 19 heteroatoms. The van der Waals surface area contributed by atoms with Gasteiger partial charge in [0, 0.05) is 25.7 Å². The van der Waals surface area contributed by atoms with Crippen molar-refractivity contribution in [3.63, 3.8) is 0 Å². The molecular weight excluding hydrogens is 1330 g/mol. The summed E-state index contributed by atoms with van der Waals surface area (Å²) in [6.07, 6.45) is 68.1. The average molecular weight is 1490 g/mol. The molecule has 0 amide bonds. The Hall–Kier alpha value is -1.94. The fourth-order valence-corrected chi connectivity index (χ4v) is 14.5. The molecule has 0 aromatic heterocycles. The van der Waals surface area contributed by atoms with Crippen LogP contribution in [0.5, 0.6) is 0 Å². The number of phosphoric acid groups is 2. The summed E-state index contributed by atoms with van der Waals surface area (Å²) in [6, 6.07) is 0. The zero-order valence-corrected chi connectivity index (χ0v) is 68.5. The highest BCUT2D eigenvalue weighted by Gasteiger charge is 2.30. The maximum atomic E-state index is 13.1. The van der Waals surface area contributed by atoms with E-state index in [2.05, 4.69) is 34.6 Å². The molecule has 0 bridgehead atoms. The van der Waals surface area contributed by atoms with Crippen LogP contribution in [0.3, 0.4) is 0 Å². The number of aliphatic hydroxyl groups is 1. The van der Waals surface area contributed by atoms with Crippen LogP contribution in [-0.4, -0.2) is 96.7 Å². The number of unbranched alkanes of at least 4 members (excludes halogenated alkanes) is 55. The second-order valence-corrected chi connectivity index (χ2v) is 33.3. The second kappa shape index (κ2) is 75.9. The van der Waals surface area contributed by atoms with Gasteiger partial charge in [-0.1, -0.05) is 394 Å². The van der Waals surface area contributed by atoms with Crippen LogP contribution >= 0.6 is 15.6 Å². The zero-order chi connectivity index (χ0) is 74.8. The Morgan fingerprint density at radius 1 is 0.265 bits per heavy atom. The van der Waals surface area contributed by atoms with Crippen molar-refractivity contribution in [3.05, 3.63) is 0 Å². The molecule has 0 radical (unpaired) electrons. The van der Waals surface area contributed by atoms with E-state index in [9.17, 15) is 43.2 Å². The predicted molar refractivity (Wildman–Crippen MR) is 418 cm³/mol. The summed E-state index contributed by atoms with van der Waals surface area (Å²) >= 11 is 0. The Kier molecular flexibility index (Phi) is 74.4. The molecule has 3 N–H and O–H groups in total. The predicted octanol–water partition coefficient (Wildman–Crippen LogP) is 25.2. The van der Waals surface area contributed by atoms with E-state index in [4.69, 9.17) is 37.0 Å². The minimum Gasteiger partial charge on any atom is -0.462 e. The normalized spacial score (nSPS) is 13.8. The van der Waals surface area contributed by atoms with E-state index in [0.717, 1.165) is 96.3 Å². The Balaban J connectivity index is 5.22. The summed E-state index contributed by atoms with van der Waals surface area (Å²) < 4.78 is 68.8. The first-order valence-corrected chi connectivity index (χ1v) is 46.1. The van der Waals surface area contributed by atoms with Gasteiger partial charge >= 0.3 is 39.5 Å². The fourth-order valence-electron chi connectivity index (χ4n) is 12.9. The lowest BCUT2D eigenvalue weighted by atomic mass is 10.0.